The van der Waals surface area contributed by atoms with Gasteiger partial charge in [-0.2, -0.15) is 0 Å². The molecule has 19 heavy (non-hydrogen) atoms. The van der Waals surface area contributed by atoms with Crippen LogP contribution < -0.4 is 5.32 Å². The van der Waals surface area contributed by atoms with Crippen molar-refractivity contribution in [2.75, 3.05) is 5.75 Å². The number of carbonyl (C=O) groups excluding carboxylic acids is 1. The van der Waals surface area contributed by atoms with E-state index in [4.69, 9.17) is 0 Å². The normalized spacial score (nSPS) is 11.3. The predicted molar refractivity (Wildman–Crippen MR) is 75.5 cm³/mol. The summed E-state index contributed by atoms with van der Waals surface area (Å²) in [7, 11) is -3.15. The quantitative estimate of drug-likeness (QED) is 0.835. The molecule has 0 saturated heterocycles. The number of benzene rings is 1. The number of hydrogen-bond donors (Lipinski definition) is 1. The number of amides is 1. The highest BCUT2D eigenvalue weighted by Gasteiger charge is 2.10. The summed E-state index contributed by atoms with van der Waals surface area (Å²) in [5.74, 6) is 0.132. The Kier molecular flexibility index (Phi) is 6.02. The molecule has 4 nitrogen and oxygen atoms in total. The summed E-state index contributed by atoms with van der Waals surface area (Å²) in [5.41, 5.74) is 0.903. The summed E-state index contributed by atoms with van der Waals surface area (Å²) < 4.78 is 23.3. The van der Waals surface area contributed by atoms with Crippen LogP contribution in [0.1, 0.15) is 38.7 Å². The molecule has 1 aromatic rings. The van der Waals surface area contributed by atoms with Gasteiger partial charge in [0.2, 0.25) is 5.91 Å². The zero-order valence-electron chi connectivity index (χ0n) is 11.5. The Morgan fingerprint density at radius 3 is 2.32 bits per heavy atom. The fourth-order valence-corrected chi connectivity index (χ4v) is 2.49. The molecule has 1 aromatic carbocycles. The maximum absolute atomic E-state index is 11.6. The van der Waals surface area contributed by atoms with Gasteiger partial charge in [0.1, 0.15) is 0 Å². The van der Waals surface area contributed by atoms with Crippen LogP contribution in [-0.4, -0.2) is 20.1 Å². The molecule has 0 bridgehead atoms. The molecule has 1 rings (SSSR count). The molecule has 0 atom stereocenters. The molecular formula is C14H21NO3S. The second kappa shape index (κ2) is 7.28. The first-order valence-electron chi connectivity index (χ1n) is 6.58. The lowest BCUT2D eigenvalue weighted by atomic mass is 10.2. The van der Waals surface area contributed by atoms with E-state index in [0.29, 0.717) is 17.9 Å². The van der Waals surface area contributed by atoms with E-state index in [1.54, 1.807) is 31.2 Å². The zero-order valence-corrected chi connectivity index (χ0v) is 12.3. The van der Waals surface area contributed by atoms with Gasteiger partial charge in [0.05, 0.1) is 10.6 Å². The van der Waals surface area contributed by atoms with Gasteiger partial charge in [-0.15, -0.1) is 0 Å². The molecule has 1 N–H and O–H groups in total. The summed E-state index contributed by atoms with van der Waals surface area (Å²) >= 11 is 0. The summed E-state index contributed by atoms with van der Waals surface area (Å²) in [4.78, 5) is 11.8. The zero-order chi connectivity index (χ0) is 14.3. The maximum atomic E-state index is 11.6. The maximum Gasteiger partial charge on any atom is 0.220 e. The number of carbonyl (C=O) groups is 1. The fraction of sp³-hybridized carbons (Fsp3) is 0.500. The van der Waals surface area contributed by atoms with Gasteiger partial charge < -0.3 is 5.32 Å². The van der Waals surface area contributed by atoms with Gasteiger partial charge in [-0.25, -0.2) is 8.42 Å². The van der Waals surface area contributed by atoms with Crippen LogP contribution in [0.15, 0.2) is 29.2 Å². The lowest BCUT2D eigenvalue weighted by molar-refractivity contribution is -0.121. The van der Waals surface area contributed by atoms with Crippen LogP contribution in [0.2, 0.25) is 0 Å². The van der Waals surface area contributed by atoms with Gasteiger partial charge in [0.15, 0.2) is 9.84 Å². The molecule has 1 amide bonds. The first-order chi connectivity index (χ1) is 8.99. The molecular weight excluding hydrogens is 262 g/mol. The molecule has 106 valence electrons. The highest BCUT2D eigenvalue weighted by atomic mass is 32.2. The van der Waals surface area contributed by atoms with Gasteiger partial charge in [-0.05, 0) is 24.1 Å². The Labute approximate surface area is 115 Å². The molecule has 0 aliphatic heterocycles. The molecule has 5 heteroatoms. The molecule has 0 spiro atoms. The average Bonchev–Trinajstić information content (AvgIpc) is 2.43. The van der Waals surface area contributed by atoms with E-state index in [2.05, 4.69) is 5.32 Å². The van der Waals surface area contributed by atoms with Crippen LogP contribution in [0, 0.1) is 0 Å². The number of nitrogens with one attached hydrogen (secondary N) is 1. The molecule has 0 saturated carbocycles. The van der Waals surface area contributed by atoms with Crippen molar-refractivity contribution in [1.82, 2.24) is 5.32 Å². The third kappa shape index (κ3) is 5.03. The summed E-state index contributed by atoms with van der Waals surface area (Å²) in [5, 5.41) is 2.82. The molecule has 0 fully saturated rings. The van der Waals surface area contributed by atoms with Gasteiger partial charge in [-0.3, -0.25) is 4.79 Å². The number of unbranched alkanes of at least 4 members (excludes halogenated alkanes) is 1. The third-order valence-corrected chi connectivity index (χ3v) is 4.66. The molecule has 0 radical (unpaired) electrons. The first-order valence-corrected chi connectivity index (χ1v) is 8.23. The summed E-state index contributed by atoms with van der Waals surface area (Å²) in [6, 6.07) is 6.66. The van der Waals surface area contributed by atoms with Crippen LogP contribution in [-0.2, 0) is 21.2 Å². The van der Waals surface area contributed by atoms with Crippen molar-refractivity contribution in [1.29, 1.82) is 0 Å². The molecule has 0 aliphatic carbocycles. The Morgan fingerprint density at radius 2 is 1.79 bits per heavy atom. The minimum Gasteiger partial charge on any atom is -0.352 e. The van der Waals surface area contributed by atoms with E-state index in [1.165, 1.54) is 0 Å². The Balaban J connectivity index is 2.56. The van der Waals surface area contributed by atoms with E-state index in [0.717, 1.165) is 18.4 Å². The molecule has 0 heterocycles. The lowest BCUT2D eigenvalue weighted by Gasteiger charge is -2.06. The summed E-state index contributed by atoms with van der Waals surface area (Å²) in [6.07, 6.45) is 2.43. The third-order valence-electron chi connectivity index (χ3n) is 2.91. The second-order valence-corrected chi connectivity index (χ2v) is 6.71. The van der Waals surface area contributed by atoms with Gasteiger partial charge >= 0.3 is 0 Å². The van der Waals surface area contributed by atoms with E-state index in [9.17, 15) is 13.2 Å². The molecule has 0 unspecified atom stereocenters. The highest BCUT2D eigenvalue weighted by molar-refractivity contribution is 7.91. The van der Waals surface area contributed by atoms with Crippen molar-refractivity contribution >= 4 is 15.7 Å². The van der Waals surface area contributed by atoms with Crippen LogP contribution in [0.5, 0.6) is 0 Å². The topological polar surface area (TPSA) is 63.2 Å². The van der Waals surface area contributed by atoms with E-state index in [1.807, 2.05) is 6.92 Å². The number of hydrogen-bond acceptors (Lipinski definition) is 3. The monoisotopic (exact) mass is 283 g/mol. The number of rotatable bonds is 7. The minimum absolute atomic E-state index is 0.0344. The number of sulfone groups is 1. The van der Waals surface area contributed by atoms with E-state index in [-0.39, 0.29) is 11.7 Å². The molecule has 0 aliphatic rings. The van der Waals surface area contributed by atoms with Gasteiger partial charge in [0, 0.05) is 13.0 Å². The Hall–Kier alpha value is -1.36. The van der Waals surface area contributed by atoms with Crippen LogP contribution in [0.25, 0.3) is 0 Å². The van der Waals surface area contributed by atoms with Gasteiger partial charge in [-0.1, -0.05) is 32.4 Å². The lowest BCUT2D eigenvalue weighted by Crippen LogP contribution is -2.22. The standard InChI is InChI=1S/C14H21NO3S/c1-3-5-6-14(16)15-11-12-7-9-13(10-8-12)19(17,18)4-2/h7-10H,3-6,11H2,1-2H3,(H,15,16). The van der Waals surface area contributed by atoms with Crippen molar-refractivity contribution in [3.63, 3.8) is 0 Å². The Bertz CT molecular complexity index is 506. The Morgan fingerprint density at radius 1 is 1.16 bits per heavy atom. The van der Waals surface area contributed by atoms with E-state index < -0.39 is 9.84 Å². The van der Waals surface area contributed by atoms with Crippen LogP contribution in [0.4, 0.5) is 0 Å². The van der Waals surface area contributed by atoms with E-state index >= 15 is 0 Å². The van der Waals surface area contributed by atoms with Crippen molar-refractivity contribution in [2.45, 2.75) is 44.6 Å². The predicted octanol–water partition coefficient (Wildman–Crippen LogP) is 2.29. The van der Waals surface area contributed by atoms with Crippen LogP contribution in [0.3, 0.4) is 0 Å². The smallest absolute Gasteiger partial charge is 0.220 e. The first kappa shape index (κ1) is 15.7. The average molecular weight is 283 g/mol. The van der Waals surface area contributed by atoms with Crippen molar-refractivity contribution in [3.05, 3.63) is 29.8 Å². The summed E-state index contributed by atoms with van der Waals surface area (Å²) in [6.45, 7) is 4.10. The van der Waals surface area contributed by atoms with Crippen molar-refractivity contribution < 1.29 is 13.2 Å². The SMILES string of the molecule is CCCCC(=O)NCc1ccc(S(=O)(=O)CC)cc1. The van der Waals surface area contributed by atoms with Crippen molar-refractivity contribution in [3.8, 4) is 0 Å². The van der Waals surface area contributed by atoms with Gasteiger partial charge in [0.25, 0.3) is 0 Å². The van der Waals surface area contributed by atoms with Crippen LogP contribution >= 0.6 is 0 Å². The second-order valence-electron chi connectivity index (χ2n) is 4.43. The van der Waals surface area contributed by atoms with Crippen molar-refractivity contribution in [2.24, 2.45) is 0 Å². The molecule has 0 aromatic heterocycles. The minimum atomic E-state index is -3.15. The highest BCUT2D eigenvalue weighted by Crippen LogP contribution is 2.12. The fourth-order valence-electron chi connectivity index (χ4n) is 1.61. The largest absolute Gasteiger partial charge is 0.352 e.